The number of furan rings is 1. The largest absolute Gasteiger partial charge is 0.573 e. The van der Waals surface area contributed by atoms with Crippen molar-refractivity contribution in [3.8, 4) is 5.75 Å². The Morgan fingerprint density at radius 3 is 2.35 bits per heavy atom. The van der Waals surface area contributed by atoms with Crippen LogP contribution in [-0.4, -0.2) is 18.2 Å². The fourth-order valence-electron chi connectivity index (χ4n) is 1.59. The molecule has 0 aliphatic heterocycles. The summed E-state index contributed by atoms with van der Waals surface area (Å²) in [6, 6.07) is 7.65. The van der Waals surface area contributed by atoms with Crippen molar-refractivity contribution in [3.63, 3.8) is 0 Å². The normalized spacial score (nSPS) is 10.9. The fraction of sp³-hybridized carbons (Fsp3) is 0.143. The van der Waals surface area contributed by atoms with E-state index in [0.29, 0.717) is 5.76 Å². The minimum Gasteiger partial charge on any atom is -0.467 e. The highest BCUT2D eigenvalue weighted by Crippen LogP contribution is 2.23. The molecule has 0 fully saturated rings. The van der Waals surface area contributed by atoms with Gasteiger partial charge in [-0.3, -0.25) is 9.59 Å². The molecule has 0 unspecified atom stereocenters. The predicted molar refractivity (Wildman–Crippen MR) is 72.3 cm³/mol. The second-order valence-electron chi connectivity index (χ2n) is 4.29. The van der Waals surface area contributed by atoms with Crippen molar-refractivity contribution in [3.05, 3.63) is 48.4 Å². The summed E-state index contributed by atoms with van der Waals surface area (Å²) in [6.07, 6.45) is -3.37. The van der Waals surface area contributed by atoms with Crippen LogP contribution in [0.15, 0.2) is 47.1 Å². The highest BCUT2D eigenvalue weighted by molar-refractivity contribution is 6.39. The standard InChI is InChI=1S/C14H11F3N2O4/c15-14(16,17)23-10-5-3-9(4-6-10)19-13(21)12(20)18-8-11-2-1-7-22-11/h1-7H,8H2,(H,18,20)(H,19,21). The molecule has 1 aromatic heterocycles. The lowest BCUT2D eigenvalue weighted by atomic mass is 10.3. The average molecular weight is 328 g/mol. The molecule has 0 aliphatic rings. The van der Waals surface area contributed by atoms with Crippen LogP contribution < -0.4 is 15.4 Å². The van der Waals surface area contributed by atoms with Crippen LogP contribution >= 0.6 is 0 Å². The molecule has 9 heteroatoms. The van der Waals surface area contributed by atoms with Gasteiger partial charge in [-0.25, -0.2) is 0 Å². The molecule has 122 valence electrons. The topological polar surface area (TPSA) is 80.6 Å². The van der Waals surface area contributed by atoms with E-state index in [1.54, 1.807) is 12.1 Å². The first kappa shape index (κ1) is 16.4. The summed E-state index contributed by atoms with van der Waals surface area (Å²) in [7, 11) is 0. The third kappa shape index (κ3) is 5.38. The number of hydrogen-bond donors (Lipinski definition) is 2. The molecule has 1 aromatic carbocycles. The SMILES string of the molecule is O=C(NCc1ccco1)C(=O)Nc1ccc(OC(F)(F)F)cc1. The first-order valence-corrected chi connectivity index (χ1v) is 6.31. The molecule has 2 N–H and O–H groups in total. The zero-order valence-electron chi connectivity index (χ0n) is 11.5. The van der Waals surface area contributed by atoms with Gasteiger partial charge < -0.3 is 19.8 Å². The number of anilines is 1. The quantitative estimate of drug-likeness (QED) is 0.845. The van der Waals surface area contributed by atoms with E-state index in [4.69, 9.17) is 4.42 Å². The molecular weight excluding hydrogens is 317 g/mol. The Kier molecular flexibility index (Phi) is 4.89. The number of amides is 2. The number of rotatable bonds is 4. The molecule has 2 rings (SSSR count). The molecule has 6 nitrogen and oxygen atoms in total. The van der Waals surface area contributed by atoms with E-state index in [-0.39, 0.29) is 12.2 Å². The maximum atomic E-state index is 12.0. The van der Waals surface area contributed by atoms with E-state index in [1.165, 1.54) is 18.4 Å². The summed E-state index contributed by atoms with van der Waals surface area (Å²) >= 11 is 0. The predicted octanol–water partition coefficient (Wildman–Crippen LogP) is 2.43. The van der Waals surface area contributed by atoms with E-state index in [1.807, 2.05) is 0 Å². The van der Waals surface area contributed by atoms with Crippen molar-refractivity contribution in [1.29, 1.82) is 0 Å². The molecule has 2 amide bonds. The van der Waals surface area contributed by atoms with Crippen molar-refractivity contribution in [2.75, 3.05) is 5.32 Å². The molecule has 0 aliphatic carbocycles. The van der Waals surface area contributed by atoms with Crippen LogP contribution in [-0.2, 0) is 16.1 Å². The third-order valence-electron chi connectivity index (χ3n) is 2.56. The summed E-state index contributed by atoms with van der Waals surface area (Å²) in [5, 5.41) is 4.57. The fourth-order valence-corrected chi connectivity index (χ4v) is 1.59. The van der Waals surface area contributed by atoms with E-state index in [9.17, 15) is 22.8 Å². The van der Waals surface area contributed by atoms with Crippen LogP contribution in [0.25, 0.3) is 0 Å². The summed E-state index contributed by atoms with van der Waals surface area (Å²) in [4.78, 5) is 23.2. The summed E-state index contributed by atoms with van der Waals surface area (Å²) in [5.74, 6) is -1.82. The second kappa shape index (κ2) is 6.86. The monoisotopic (exact) mass is 328 g/mol. The average Bonchev–Trinajstić information content (AvgIpc) is 2.98. The Balaban J connectivity index is 1.85. The molecule has 0 atom stereocenters. The van der Waals surface area contributed by atoms with Gasteiger partial charge in [0, 0.05) is 5.69 Å². The van der Waals surface area contributed by atoms with Gasteiger partial charge in [-0.2, -0.15) is 0 Å². The smallest absolute Gasteiger partial charge is 0.467 e. The molecule has 1 heterocycles. The van der Waals surface area contributed by atoms with Gasteiger partial charge in [-0.1, -0.05) is 0 Å². The molecular formula is C14H11F3N2O4. The van der Waals surface area contributed by atoms with Gasteiger partial charge in [0.05, 0.1) is 12.8 Å². The van der Waals surface area contributed by atoms with Crippen molar-refractivity contribution < 1.29 is 31.9 Å². The van der Waals surface area contributed by atoms with Gasteiger partial charge in [-0.15, -0.1) is 13.2 Å². The number of alkyl halides is 3. The number of ether oxygens (including phenoxy) is 1. The van der Waals surface area contributed by atoms with Crippen LogP contribution in [0.5, 0.6) is 5.75 Å². The maximum Gasteiger partial charge on any atom is 0.573 e. The number of halogens is 3. The summed E-state index contributed by atoms with van der Waals surface area (Å²) < 4.78 is 44.7. The minimum atomic E-state index is -4.80. The van der Waals surface area contributed by atoms with Gasteiger partial charge in [0.15, 0.2) is 0 Å². The van der Waals surface area contributed by atoms with Crippen molar-refractivity contribution in [1.82, 2.24) is 5.32 Å². The first-order valence-electron chi connectivity index (χ1n) is 6.31. The Morgan fingerprint density at radius 2 is 1.78 bits per heavy atom. The van der Waals surface area contributed by atoms with Crippen LogP contribution in [0, 0.1) is 0 Å². The number of nitrogens with one attached hydrogen (secondary N) is 2. The van der Waals surface area contributed by atoms with Gasteiger partial charge in [-0.05, 0) is 36.4 Å². The number of carbonyl (C=O) groups excluding carboxylic acids is 2. The lowest BCUT2D eigenvalue weighted by Crippen LogP contribution is -2.34. The van der Waals surface area contributed by atoms with Gasteiger partial charge in [0.1, 0.15) is 11.5 Å². The van der Waals surface area contributed by atoms with E-state index < -0.39 is 23.9 Å². The van der Waals surface area contributed by atoms with E-state index in [2.05, 4.69) is 15.4 Å². The van der Waals surface area contributed by atoms with Crippen LogP contribution in [0.1, 0.15) is 5.76 Å². The van der Waals surface area contributed by atoms with Gasteiger partial charge in [0.2, 0.25) is 0 Å². The maximum absolute atomic E-state index is 12.0. The number of hydrogen-bond acceptors (Lipinski definition) is 4. The third-order valence-corrected chi connectivity index (χ3v) is 2.56. The lowest BCUT2D eigenvalue weighted by Gasteiger charge is -2.09. The number of benzene rings is 1. The summed E-state index contributed by atoms with van der Waals surface area (Å²) in [5.41, 5.74) is 0.151. The van der Waals surface area contributed by atoms with Crippen molar-refractivity contribution in [2.24, 2.45) is 0 Å². The Morgan fingerprint density at radius 1 is 1.09 bits per heavy atom. The van der Waals surface area contributed by atoms with Crippen LogP contribution in [0.4, 0.5) is 18.9 Å². The van der Waals surface area contributed by atoms with Gasteiger partial charge in [0.25, 0.3) is 0 Å². The Labute approximate surface area is 128 Å². The summed E-state index contributed by atoms with van der Waals surface area (Å²) in [6.45, 7) is 0.0393. The molecule has 2 aromatic rings. The van der Waals surface area contributed by atoms with Crippen LogP contribution in [0.3, 0.4) is 0 Å². The Hall–Kier alpha value is -2.97. The number of carbonyl (C=O) groups is 2. The van der Waals surface area contributed by atoms with Crippen molar-refractivity contribution in [2.45, 2.75) is 12.9 Å². The molecule has 0 saturated carbocycles. The zero-order valence-corrected chi connectivity index (χ0v) is 11.5. The molecule has 0 spiro atoms. The van der Waals surface area contributed by atoms with Crippen LogP contribution in [0.2, 0.25) is 0 Å². The zero-order chi connectivity index (χ0) is 16.9. The van der Waals surface area contributed by atoms with E-state index in [0.717, 1.165) is 12.1 Å². The Bertz CT molecular complexity index is 666. The lowest BCUT2D eigenvalue weighted by molar-refractivity contribution is -0.274. The van der Waals surface area contributed by atoms with Crippen molar-refractivity contribution >= 4 is 17.5 Å². The highest BCUT2D eigenvalue weighted by atomic mass is 19.4. The molecule has 23 heavy (non-hydrogen) atoms. The van der Waals surface area contributed by atoms with Gasteiger partial charge >= 0.3 is 18.2 Å². The first-order chi connectivity index (χ1) is 10.8. The minimum absolute atomic E-state index is 0.0393. The van der Waals surface area contributed by atoms with E-state index >= 15 is 0 Å². The highest BCUT2D eigenvalue weighted by Gasteiger charge is 2.31. The second-order valence-corrected chi connectivity index (χ2v) is 4.29. The molecule has 0 saturated heterocycles. The molecule has 0 bridgehead atoms. The molecule has 0 radical (unpaired) electrons.